The Morgan fingerprint density at radius 3 is 2.80 bits per heavy atom. The summed E-state index contributed by atoms with van der Waals surface area (Å²) in [7, 11) is 0. The second kappa shape index (κ2) is 2.51. The van der Waals surface area contributed by atoms with E-state index in [9.17, 15) is 0 Å². The zero-order valence-corrected chi connectivity index (χ0v) is 6.35. The number of nitrogens with one attached hydrogen (secondary N) is 1. The van der Waals surface area contributed by atoms with Crippen LogP contribution in [0.5, 0.6) is 0 Å². The Kier molecular flexibility index (Phi) is 1.87. The van der Waals surface area contributed by atoms with Crippen molar-refractivity contribution in [2.45, 2.75) is 12.3 Å². The molecule has 0 fully saturated rings. The Bertz CT molecular complexity index is 191. The lowest BCUT2D eigenvalue weighted by Gasteiger charge is -2.16. The molecule has 1 aliphatic rings. The molecule has 5 heteroatoms. The van der Waals surface area contributed by atoms with Crippen molar-refractivity contribution in [1.82, 2.24) is 5.06 Å². The number of hydrogen-bond acceptors (Lipinski definition) is 4. The highest BCUT2D eigenvalue weighted by atomic mass is 32.2. The van der Waals surface area contributed by atoms with Crippen molar-refractivity contribution in [3.8, 4) is 0 Å². The standard InChI is InChI=1S/C5H9N3OS/c1-3-8(9)4(2-10-3)5(6)7/h2-3,9H,1H3,(H3,6,7). The van der Waals surface area contributed by atoms with E-state index in [-0.39, 0.29) is 11.2 Å². The first kappa shape index (κ1) is 7.43. The molecule has 1 unspecified atom stereocenters. The molecule has 0 bridgehead atoms. The smallest absolute Gasteiger partial charge is 0.142 e. The molecular weight excluding hydrogens is 150 g/mol. The third kappa shape index (κ3) is 1.10. The van der Waals surface area contributed by atoms with Crippen LogP contribution in [0, 0.1) is 5.41 Å². The minimum Gasteiger partial charge on any atom is -0.382 e. The second-order valence-corrected chi connectivity index (χ2v) is 3.19. The van der Waals surface area contributed by atoms with Crippen LogP contribution in [0.1, 0.15) is 6.92 Å². The van der Waals surface area contributed by atoms with Crippen LogP contribution in [0.2, 0.25) is 0 Å². The molecule has 56 valence electrons. The third-order valence-electron chi connectivity index (χ3n) is 1.24. The first-order chi connectivity index (χ1) is 4.63. The predicted octanol–water partition coefficient (Wildman–Crippen LogP) is 0.548. The van der Waals surface area contributed by atoms with E-state index in [0.717, 1.165) is 5.06 Å². The second-order valence-electron chi connectivity index (χ2n) is 2.00. The Labute approximate surface area is 63.2 Å². The highest BCUT2D eigenvalue weighted by Crippen LogP contribution is 2.27. The summed E-state index contributed by atoms with van der Waals surface area (Å²) in [5.74, 6) is -0.0978. The van der Waals surface area contributed by atoms with Crippen LogP contribution in [-0.2, 0) is 0 Å². The van der Waals surface area contributed by atoms with Crippen molar-refractivity contribution in [1.29, 1.82) is 5.41 Å². The minimum atomic E-state index is -0.0978. The largest absolute Gasteiger partial charge is 0.382 e. The van der Waals surface area contributed by atoms with E-state index >= 15 is 0 Å². The zero-order chi connectivity index (χ0) is 7.72. The van der Waals surface area contributed by atoms with Crippen LogP contribution in [-0.4, -0.2) is 21.5 Å². The minimum absolute atomic E-state index is 0.0288. The molecule has 0 aromatic heterocycles. The number of hydrogen-bond donors (Lipinski definition) is 3. The van der Waals surface area contributed by atoms with Crippen molar-refractivity contribution >= 4 is 17.6 Å². The molecule has 4 nitrogen and oxygen atoms in total. The maximum absolute atomic E-state index is 9.15. The summed E-state index contributed by atoms with van der Waals surface area (Å²) in [5, 5.41) is 18.8. The molecule has 0 spiro atoms. The van der Waals surface area contributed by atoms with Crippen LogP contribution < -0.4 is 5.73 Å². The predicted molar refractivity (Wildman–Crippen MR) is 40.7 cm³/mol. The summed E-state index contributed by atoms with van der Waals surface area (Å²) >= 11 is 1.43. The van der Waals surface area contributed by atoms with Gasteiger partial charge in [-0.2, -0.15) is 0 Å². The molecule has 0 saturated carbocycles. The fraction of sp³-hybridized carbons (Fsp3) is 0.400. The van der Waals surface area contributed by atoms with Gasteiger partial charge in [0.1, 0.15) is 16.9 Å². The normalized spacial score (nSPS) is 24.8. The molecule has 1 heterocycles. The van der Waals surface area contributed by atoms with E-state index < -0.39 is 0 Å². The number of nitrogens with zero attached hydrogens (tertiary/aromatic N) is 1. The van der Waals surface area contributed by atoms with Crippen LogP contribution >= 0.6 is 11.8 Å². The molecule has 0 radical (unpaired) electrons. The van der Waals surface area contributed by atoms with Crippen LogP contribution in [0.3, 0.4) is 0 Å². The van der Waals surface area contributed by atoms with Crippen LogP contribution in [0.15, 0.2) is 11.1 Å². The van der Waals surface area contributed by atoms with Gasteiger partial charge in [-0.3, -0.25) is 10.6 Å². The fourth-order valence-electron chi connectivity index (χ4n) is 0.657. The van der Waals surface area contributed by atoms with Gasteiger partial charge in [0.05, 0.1) is 0 Å². The highest BCUT2D eigenvalue weighted by molar-refractivity contribution is 8.02. The lowest BCUT2D eigenvalue weighted by molar-refractivity contribution is -0.0514. The lowest BCUT2D eigenvalue weighted by atomic mass is 10.4. The van der Waals surface area contributed by atoms with Crippen molar-refractivity contribution in [3.05, 3.63) is 11.1 Å². The summed E-state index contributed by atoms with van der Waals surface area (Å²) in [5.41, 5.74) is 5.54. The number of nitrogens with two attached hydrogens (primary N) is 1. The van der Waals surface area contributed by atoms with E-state index in [0.29, 0.717) is 5.70 Å². The van der Waals surface area contributed by atoms with Crippen LogP contribution in [0.4, 0.5) is 0 Å². The van der Waals surface area contributed by atoms with Crippen molar-refractivity contribution in [3.63, 3.8) is 0 Å². The summed E-state index contributed by atoms with van der Waals surface area (Å²) in [6, 6.07) is 0. The Morgan fingerprint density at radius 2 is 2.60 bits per heavy atom. The van der Waals surface area contributed by atoms with E-state index in [4.69, 9.17) is 16.4 Å². The van der Waals surface area contributed by atoms with E-state index in [2.05, 4.69) is 0 Å². The first-order valence-electron chi connectivity index (χ1n) is 2.81. The molecule has 0 saturated heterocycles. The first-order valence-corrected chi connectivity index (χ1v) is 3.75. The van der Waals surface area contributed by atoms with Gasteiger partial charge in [-0.25, -0.2) is 5.06 Å². The monoisotopic (exact) mass is 159 g/mol. The molecule has 10 heavy (non-hydrogen) atoms. The summed E-state index contributed by atoms with van der Waals surface area (Å²) in [6.07, 6.45) is 0. The summed E-state index contributed by atoms with van der Waals surface area (Å²) < 4.78 is 0. The molecule has 1 rings (SSSR count). The maximum Gasteiger partial charge on any atom is 0.142 e. The Balaban J connectivity index is 2.72. The van der Waals surface area contributed by atoms with Gasteiger partial charge in [-0.1, -0.05) is 0 Å². The van der Waals surface area contributed by atoms with Gasteiger partial charge >= 0.3 is 0 Å². The fourth-order valence-corrected chi connectivity index (χ4v) is 1.45. The van der Waals surface area contributed by atoms with E-state index in [1.54, 1.807) is 5.41 Å². The number of amidine groups is 1. The van der Waals surface area contributed by atoms with E-state index in [1.165, 1.54) is 11.8 Å². The number of rotatable bonds is 1. The van der Waals surface area contributed by atoms with E-state index in [1.807, 2.05) is 6.92 Å². The molecular formula is C5H9N3OS. The lowest BCUT2D eigenvalue weighted by Crippen LogP contribution is -2.29. The van der Waals surface area contributed by atoms with Crippen LogP contribution in [0.25, 0.3) is 0 Å². The molecule has 0 aromatic carbocycles. The van der Waals surface area contributed by atoms with Crippen molar-refractivity contribution in [2.75, 3.05) is 0 Å². The SMILES string of the molecule is CC1SC=C(C(=N)N)N1O. The quantitative estimate of drug-likeness (QED) is 0.386. The Morgan fingerprint density at radius 1 is 2.00 bits per heavy atom. The summed E-state index contributed by atoms with van der Waals surface area (Å²) in [4.78, 5) is 0. The number of hydroxylamine groups is 2. The van der Waals surface area contributed by atoms with Gasteiger partial charge in [0.2, 0.25) is 0 Å². The molecule has 0 aromatic rings. The molecule has 0 aliphatic carbocycles. The maximum atomic E-state index is 9.15. The van der Waals surface area contributed by atoms with Gasteiger partial charge in [0.25, 0.3) is 0 Å². The van der Waals surface area contributed by atoms with Gasteiger partial charge < -0.3 is 5.73 Å². The van der Waals surface area contributed by atoms with Gasteiger partial charge in [-0.15, -0.1) is 11.8 Å². The third-order valence-corrected chi connectivity index (χ3v) is 2.20. The van der Waals surface area contributed by atoms with Crippen molar-refractivity contribution < 1.29 is 5.21 Å². The van der Waals surface area contributed by atoms with Gasteiger partial charge in [0, 0.05) is 5.41 Å². The summed E-state index contributed by atoms with van der Waals surface area (Å²) in [6.45, 7) is 1.83. The molecule has 4 N–H and O–H groups in total. The topological polar surface area (TPSA) is 73.3 Å². The molecule has 1 atom stereocenters. The number of thioether (sulfide) groups is 1. The highest BCUT2D eigenvalue weighted by Gasteiger charge is 2.22. The molecule has 0 amide bonds. The van der Waals surface area contributed by atoms with Crippen molar-refractivity contribution in [2.24, 2.45) is 5.73 Å². The zero-order valence-electron chi connectivity index (χ0n) is 5.53. The average Bonchev–Trinajstić information content (AvgIpc) is 2.14. The molecule has 1 aliphatic heterocycles. The average molecular weight is 159 g/mol. The Hall–Kier alpha value is -0.680. The van der Waals surface area contributed by atoms with Gasteiger partial charge in [0.15, 0.2) is 0 Å². The van der Waals surface area contributed by atoms with Gasteiger partial charge in [-0.05, 0) is 6.92 Å².